The third-order valence-electron chi connectivity index (χ3n) is 9.09. The molecule has 0 spiro atoms. The molecule has 0 amide bonds. The van der Waals surface area contributed by atoms with Gasteiger partial charge in [0.25, 0.3) is 0 Å². The predicted molar refractivity (Wildman–Crippen MR) is 139 cm³/mol. The van der Waals surface area contributed by atoms with Crippen LogP contribution in [0.2, 0.25) is 0 Å². The van der Waals surface area contributed by atoms with Crippen LogP contribution >= 0.6 is 0 Å². The van der Waals surface area contributed by atoms with E-state index < -0.39 is 23.3 Å². The molecule has 3 aromatic rings. The highest BCUT2D eigenvalue weighted by Crippen LogP contribution is 2.46. The molecule has 0 saturated heterocycles. The lowest BCUT2D eigenvalue weighted by Crippen LogP contribution is -2.25. The van der Waals surface area contributed by atoms with E-state index in [0.29, 0.717) is 5.92 Å². The average molecular weight is 519 g/mol. The van der Waals surface area contributed by atoms with Crippen molar-refractivity contribution in [3.05, 3.63) is 41.0 Å². The van der Waals surface area contributed by atoms with Crippen LogP contribution < -0.4 is 4.74 Å². The number of hydrogen-bond donors (Lipinski definition) is 0. The van der Waals surface area contributed by atoms with Crippen molar-refractivity contribution in [1.82, 2.24) is 0 Å². The van der Waals surface area contributed by atoms with Gasteiger partial charge < -0.3 is 9.15 Å². The Morgan fingerprint density at radius 1 is 0.730 bits per heavy atom. The number of hydrogen-bond acceptors (Lipinski definition) is 2. The molecule has 1 heterocycles. The van der Waals surface area contributed by atoms with Gasteiger partial charge in [-0.1, -0.05) is 45.4 Å². The summed E-state index contributed by atoms with van der Waals surface area (Å²) in [5.74, 6) is -2.77. The standard InChI is InChI=1S/C31H38F4O2/c1-3-5-6-7-18-8-10-19(11-9-18)20-12-14-21(15-13-20)22-16-23-26(30(34)28(22)32)27-24(37-23)17-25(36-4-2)29(33)31(27)35/h16-21H,3-15H2,1-2H3. The molecule has 0 radical (unpaired) electrons. The molecule has 2 aromatic carbocycles. The van der Waals surface area contributed by atoms with Crippen LogP contribution in [0.3, 0.4) is 0 Å². The van der Waals surface area contributed by atoms with Crippen LogP contribution in [0, 0.1) is 41.0 Å². The molecule has 0 atom stereocenters. The zero-order chi connectivity index (χ0) is 26.1. The number of furan rings is 1. The summed E-state index contributed by atoms with van der Waals surface area (Å²) in [6, 6.07) is 2.70. The molecule has 0 bridgehead atoms. The number of ether oxygens (including phenoxy) is 1. The zero-order valence-electron chi connectivity index (χ0n) is 22.0. The molecule has 2 aliphatic carbocycles. The molecule has 0 aliphatic heterocycles. The van der Waals surface area contributed by atoms with Crippen LogP contribution in [0.4, 0.5) is 17.6 Å². The van der Waals surface area contributed by atoms with Gasteiger partial charge in [-0.25, -0.2) is 13.2 Å². The fraction of sp³-hybridized carbons (Fsp3) is 0.613. The molecule has 1 aromatic heterocycles. The lowest BCUT2D eigenvalue weighted by molar-refractivity contribution is 0.155. The summed E-state index contributed by atoms with van der Waals surface area (Å²) >= 11 is 0. The zero-order valence-corrected chi connectivity index (χ0v) is 22.0. The van der Waals surface area contributed by atoms with Gasteiger partial charge in [0.15, 0.2) is 23.2 Å². The van der Waals surface area contributed by atoms with Crippen LogP contribution in [0.5, 0.6) is 5.75 Å². The molecule has 6 heteroatoms. The first kappa shape index (κ1) is 26.4. The summed E-state index contributed by atoms with van der Waals surface area (Å²) in [6.07, 6.45) is 14.2. The van der Waals surface area contributed by atoms with Crippen molar-refractivity contribution in [3.63, 3.8) is 0 Å². The van der Waals surface area contributed by atoms with Gasteiger partial charge in [-0.3, -0.25) is 0 Å². The Bertz CT molecular complexity index is 1230. The first-order valence-electron chi connectivity index (χ1n) is 14.3. The minimum Gasteiger partial charge on any atom is -0.491 e. The largest absolute Gasteiger partial charge is 0.491 e. The Balaban J connectivity index is 1.31. The Morgan fingerprint density at radius 3 is 1.95 bits per heavy atom. The Labute approximate surface area is 216 Å². The second-order valence-corrected chi connectivity index (χ2v) is 11.3. The third kappa shape index (κ3) is 5.09. The maximum Gasteiger partial charge on any atom is 0.201 e. The third-order valence-corrected chi connectivity index (χ3v) is 9.09. The van der Waals surface area contributed by atoms with Gasteiger partial charge in [-0.2, -0.15) is 4.39 Å². The Hall–Kier alpha value is -2.24. The Morgan fingerprint density at radius 2 is 1.32 bits per heavy atom. The molecule has 2 fully saturated rings. The van der Waals surface area contributed by atoms with E-state index >= 15 is 8.78 Å². The van der Waals surface area contributed by atoms with Crippen LogP contribution in [0.15, 0.2) is 16.5 Å². The molecule has 0 unspecified atom stereocenters. The highest BCUT2D eigenvalue weighted by atomic mass is 19.2. The lowest BCUT2D eigenvalue weighted by Gasteiger charge is -2.38. The van der Waals surface area contributed by atoms with Gasteiger partial charge in [-0.05, 0) is 80.8 Å². The number of halogens is 4. The van der Waals surface area contributed by atoms with Crippen LogP contribution in [0.25, 0.3) is 21.9 Å². The summed E-state index contributed by atoms with van der Waals surface area (Å²) in [4.78, 5) is 0. The molecule has 2 saturated carbocycles. The van der Waals surface area contributed by atoms with Gasteiger partial charge in [0.2, 0.25) is 5.82 Å². The van der Waals surface area contributed by atoms with E-state index in [4.69, 9.17) is 9.15 Å². The predicted octanol–water partition coefficient (Wildman–Crippen LogP) is 10.2. The van der Waals surface area contributed by atoms with Crippen molar-refractivity contribution < 1.29 is 26.7 Å². The monoisotopic (exact) mass is 518 g/mol. The average Bonchev–Trinajstić information content (AvgIpc) is 3.28. The van der Waals surface area contributed by atoms with E-state index in [1.807, 2.05) is 0 Å². The minimum atomic E-state index is -1.29. The molecule has 2 aliphatic rings. The number of fused-ring (bicyclic) bond motifs is 3. The number of rotatable bonds is 8. The summed E-state index contributed by atoms with van der Waals surface area (Å²) in [6.45, 7) is 4.04. The van der Waals surface area contributed by atoms with Gasteiger partial charge in [-0.15, -0.1) is 0 Å². The van der Waals surface area contributed by atoms with E-state index in [1.165, 1.54) is 63.5 Å². The van der Waals surface area contributed by atoms with Crippen LogP contribution in [-0.2, 0) is 0 Å². The Kier molecular flexibility index (Phi) is 8.02. The van der Waals surface area contributed by atoms with E-state index in [1.54, 1.807) is 6.92 Å². The highest BCUT2D eigenvalue weighted by Gasteiger charge is 2.33. The maximum absolute atomic E-state index is 15.3. The van der Waals surface area contributed by atoms with E-state index in [0.717, 1.165) is 37.5 Å². The molecular formula is C31H38F4O2. The summed E-state index contributed by atoms with van der Waals surface area (Å²) in [5, 5.41) is -0.729. The molecule has 5 rings (SSSR count). The molecule has 37 heavy (non-hydrogen) atoms. The van der Waals surface area contributed by atoms with E-state index in [2.05, 4.69) is 6.92 Å². The smallest absolute Gasteiger partial charge is 0.201 e. The summed E-state index contributed by atoms with van der Waals surface area (Å²) in [5.41, 5.74) is 0.272. The van der Waals surface area contributed by atoms with E-state index in [9.17, 15) is 8.78 Å². The molecule has 0 N–H and O–H groups in total. The number of unbranched alkanes of at least 4 members (excludes halogenated alkanes) is 2. The van der Waals surface area contributed by atoms with Crippen LogP contribution in [0.1, 0.15) is 102 Å². The maximum atomic E-state index is 15.3. The van der Waals surface area contributed by atoms with Gasteiger partial charge in [0.1, 0.15) is 11.2 Å². The topological polar surface area (TPSA) is 22.4 Å². The highest BCUT2D eigenvalue weighted by molar-refractivity contribution is 6.06. The minimum absolute atomic E-state index is 0.0411. The van der Waals surface area contributed by atoms with Crippen molar-refractivity contribution in [2.75, 3.05) is 6.61 Å². The van der Waals surface area contributed by atoms with Crippen molar-refractivity contribution >= 4 is 21.9 Å². The fourth-order valence-corrected chi connectivity index (χ4v) is 7.04. The van der Waals surface area contributed by atoms with Gasteiger partial charge in [0, 0.05) is 6.07 Å². The van der Waals surface area contributed by atoms with Crippen molar-refractivity contribution in [2.45, 2.75) is 96.8 Å². The summed E-state index contributed by atoms with van der Waals surface area (Å²) in [7, 11) is 0. The second kappa shape index (κ2) is 11.2. The van der Waals surface area contributed by atoms with Gasteiger partial charge in [0.05, 0.1) is 17.4 Å². The van der Waals surface area contributed by atoms with Crippen molar-refractivity contribution in [1.29, 1.82) is 0 Å². The molecular weight excluding hydrogens is 480 g/mol. The van der Waals surface area contributed by atoms with E-state index in [-0.39, 0.29) is 45.8 Å². The van der Waals surface area contributed by atoms with Crippen molar-refractivity contribution in [2.24, 2.45) is 17.8 Å². The van der Waals surface area contributed by atoms with Crippen LogP contribution in [-0.4, -0.2) is 6.61 Å². The van der Waals surface area contributed by atoms with Crippen molar-refractivity contribution in [3.8, 4) is 5.75 Å². The first-order valence-corrected chi connectivity index (χ1v) is 14.3. The normalized spacial score (nSPS) is 24.7. The summed E-state index contributed by atoms with van der Waals surface area (Å²) < 4.78 is 70.7. The second-order valence-electron chi connectivity index (χ2n) is 11.3. The fourth-order valence-electron chi connectivity index (χ4n) is 7.04. The SMILES string of the molecule is CCCCCC1CCC(C2CCC(c3cc4oc5cc(OCC)c(F)c(F)c5c4c(F)c3F)CC2)CC1. The van der Waals surface area contributed by atoms with Gasteiger partial charge >= 0.3 is 0 Å². The first-order chi connectivity index (χ1) is 17.9. The lowest BCUT2D eigenvalue weighted by atomic mass is 9.68. The molecule has 2 nitrogen and oxygen atoms in total. The quantitative estimate of drug-likeness (QED) is 0.219. The number of benzene rings is 2. The molecule has 202 valence electrons.